The molecule has 2 rings (SSSR count). The highest BCUT2D eigenvalue weighted by molar-refractivity contribution is 7.54. The molecule has 1 aliphatic heterocycles. The van der Waals surface area contributed by atoms with E-state index in [9.17, 15) is 9.59 Å². The van der Waals surface area contributed by atoms with Crippen molar-refractivity contribution in [3.8, 4) is 0 Å². The van der Waals surface area contributed by atoms with E-state index < -0.39 is 13.6 Å². The summed E-state index contributed by atoms with van der Waals surface area (Å²) in [5.74, 6) is -0.0619. The third-order valence-electron chi connectivity index (χ3n) is 2.83. The van der Waals surface area contributed by atoms with Gasteiger partial charge < -0.3 is 14.4 Å². The standard InChI is InChI=1S/C14H17N2O4P/c1-21(2)10-20-14(18)15-11-3-5-12(6-4-11)16-7-8-19-9-13(16)17/h3-6H,1,7-10H2,2H3/p+1. The third-order valence-corrected chi connectivity index (χ3v) is 3.40. The molecule has 1 aromatic rings. The molecule has 0 aliphatic carbocycles. The molecule has 1 unspecified atom stereocenters. The molecule has 6 nitrogen and oxygen atoms in total. The van der Waals surface area contributed by atoms with E-state index in [1.807, 2.05) is 6.66 Å². The van der Waals surface area contributed by atoms with Crippen LogP contribution in [0.3, 0.4) is 0 Å². The van der Waals surface area contributed by atoms with E-state index in [1.54, 1.807) is 29.2 Å². The largest absolute Gasteiger partial charge is 0.414 e. The number of morpholine rings is 1. The Kier molecular flexibility index (Phi) is 5.31. The van der Waals surface area contributed by atoms with Gasteiger partial charge in [0.15, 0.2) is 0 Å². The lowest BCUT2D eigenvalue weighted by atomic mass is 10.2. The molecule has 0 spiro atoms. The van der Waals surface area contributed by atoms with Gasteiger partial charge in [-0.3, -0.25) is 10.1 Å². The molecule has 7 heteroatoms. The zero-order chi connectivity index (χ0) is 15.2. The Bertz CT molecular complexity index is 544. The second-order valence-corrected chi connectivity index (χ2v) is 6.66. The van der Waals surface area contributed by atoms with Gasteiger partial charge in [-0.25, -0.2) is 4.79 Å². The van der Waals surface area contributed by atoms with Crippen molar-refractivity contribution in [1.82, 2.24) is 0 Å². The fourth-order valence-electron chi connectivity index (χ4n) is 1.84. The summed E-state index contributed by atoms with van der Waals surface area (Å²) < 4.78 is 10.1. The van der Waals surface area contributed by atoms with Gasteiger partial charge in [0, 0.05) is 17.9 Å². The molecule has 1 saturated heterocycles. The second kappa shape index (κ2) is 7.20. The number of anilines is 2. The topological polar surface area (TPSA) is 67.9 Å². The first-order valence-electron chi connectivity index (χ1n) is 6.50. The minimum Gasteiger partial charge on any atom is -0.406 e. The van der Waals surface area contributed by atoms with Gasteiger partial charge in [0.25, 0.3) is 5.91 Å². The van der Waals surface area contributed by atoms with Crippen LogP contribution in [-0.4, -0.2) is 51.1 Å². The third kappa shape index (κ3) is 4.55. The van der Waals surface area contributed by atoms with Crippen LogP contribution < -0.4 is 10.2 Å². The van der Waals surface area contributed by atoms with Crippen molar-refractivity contribution in [1.29, 1.82) is 0 Å². The van der Waals surface area contributed by atoms with E-state index in [-0.39, 0.29) is 12.5 Å². The molecular formula is C14H18N2O4P+. The molecule has 1 aliphatic rings. The van der Waals surface area contributed by atoms with Gasteiger partial charge in [-0.1, -0.05) is 0 Å². The SMILES string of the molecule is C=[P+](C)COC(=O)Nc1ccc(N2CCOCC2=O)cc1. The zero-order valence-corrected chi connectivity index (χ0v) is 12.8. The Morgan fingerprint density at radius 3 is 2.81 bits per heavy atom. The lowest BCUT2D eigenvalue weighted by molar-refractivity contribution is -0.125. The summed E-state index contributed by atoms with van der Waals surface area (Å²) in [6.45, 7) is 3.11. The molecule has 112 valence electrons. The van der Waals surface area contributed by atoms with Crippen molar-refractivity contribution >= 4 is 37.2 Å². The number of carbonyl (C=O) groups excluding carboxylic acids is 2. The van der Waals surface area contributed by atoms with E-state index >= 15 is 0 Å². The highest BCUT2D eigenvalue weighted by Crippen LogP contribution is 2.20. The summed E-state index contributed by atoms with van der Waals surface area (Å²) in [7, 11) is -0.516. The first kappa shape index (κ1) is 15.5. The average molecular weight is 309 g/mol. The molecule has 21 heavy (non-hydrogen) atoms. The monoisotopic (exact) mass is 309 g/mol. The summed E-state index contributed by atoms with van der Waals surface area (Å²) in [4.78, 5) is 24.9. The van der Waals surface area contributed by atoms with Gasteiger partial charge in [-0.05, 0) is 24.3 Å². The lowest BCUT2D eigenvalue weighted by Gasteiger charge is -2.26. The molecule has 0 saturated carbocycles. The van der Waals surface area contributed by atoms with Crippen molar-refractivity contribution in [2.45, 2.75) is 0 Å². The molecule has 1 aromatic carbocycles. The number of carbonyl (C=O) groups is 2. The van der Waals surface area contributed by atoms with Crippen LogP contribution in [0, 0.1) is 0 Å². The average Bonchev–Trinajstić information content (AvgIpc) is 2.47. The number of rotatable bonds is 4. The molecule has 1 atom stereocenters. The van der Waals surface area contributed by atoms with Crippen LogP contribution >= 0.6 is 7.55 Å². The summed E-state index contributed by atoms with van der Waals surface area (Å²) >= 11 is 0. The Balaban J connectivity index is 1.94. The van der Waals surface area contributed by atoms with E-state index in [0.29, 0.717) is 25.2 Å². The predicted octanol–water partition coefficient (Wildman–Crippen LogP) is 2.10. The molecule has 1 heterocycles. The molecular weight excluding hydrogens is 291 g/mol. The Morgan fingerprint density at radius 2 is 2.19 bits per heavy atom. The number of hydrogen-bond acceptors (Lipinski definition) is 4. The van der Waals surface area contributed by atoms with Crippen molar-refractivity contribution in [2.75, 3.05) is 43.0 Å². The van der Waals surface area contributed by atoms with Crippen LogP contribution in [-0.2, 0) is 14.3 Å². The van der Waals surface area contributed by atoms with Gasteiger partial charge in [-0.15, -0.1) is 0 Å². The van der Waals surface area contributed by atoms with Crippen LogP contribution in [0.1, 0.15) is 0 Å². The Morgan fingerprint density at radius 1 is 1.48 bits per heavy atom. The number of hydrogen-bond donors (Lipinski definition) is 1. The maximum absolute atomic E-state index is 11.7. The summed E-state index contributed by atoms with van der Waals surface area (Å²) in [5, 5.41) is 2.63. The van der Waals surface area contributed by atoms with Gasteiger partial charge >= 0.3 is 6.09 Å². The van der Waals surface area contributed by atoms with Crippen molar-refractivity contribution < 1.29 is 19.1 Å². The van der Waals surface area contributed by atoms with Gasteiger partial charge in [0.05, 0.1) is 19.6 Å². The van der Waals surface area contributed by atoms with Crippen LogP contribution in [0.4, 0.5) is 16.2 Å². The van der Waals surface area contributed by atoms with Gasteiger partial charge in [-0.2, -0.15) is 0 Å². The highest BCUT2D eigenvalue weighted by atomic mass is 31.1. The van der Waals surface area contributed by atoms with Crippen LogP contribution in [0.5, 0.6) is 0 Å². The van der Waals surface area contributed by atoms with E-state index in [4.69, 9.17) is 9.47 Å². The minimum atomic E-state index is -0.516. The number of benzene rings is 1. The number of nitrogens with one attached hydrogen (secondary N) is 1. The first-order valence-corrected chi connectivity index (χ1v) is 8.66. The molecule has 0 radical (unpaired) electrons. The second-order valence-electron chi connectivity index (χ2n) is 4.69. The number of ether oxygens (including phenoxy) is 2. The minimum absolute atomic E-state index is 0.0619. The predicted molar refractivity (Wildman–Crippen MR) is 84.5 cm³/mol. The van der Waals surface area contributed by atoms with Crippen molar-refractivity contribution in [3.05, 3.63) is 24.3 Å². The summed E-state index contributed by atoms with van der Waals surface area (Å²) in [5.41, 5.74) is 1.41. The normalized spacial score (nSPS) is 15.6. The number of nitrogens with zero attached hydrogens (tertiary/aromatic N) is 1. The maximum atomic E-state index is 11.7. The lowest BCUT2D eigenvalue weighted by Crippen LogP contribution is -2.41. The van der Waals surface area contributed by atoms with Crippen molar-refractivity contribution in [2.24, 2.45) is 0 Å². The molecule has 0 aromatic heterocycles. The Labute approximate surface area is 124 Å². The summed E-state index contributed by atoms with van der Waals surface area (Å²) in [6.07, 6.45) is 3.64. The van der Waals surface area contributed by atoms with Crippen molar-refractivity contribution in [3.63, 3.8) is 0 Å². The van der Waals surface area contributed by atoms with Crippen LogP contribution in [0.25, 0.3) is 0 Å². The molecule has 1 fully saturated rings. The fourth-order valence-corrected chi connectivity index (χ4v) is 2.18. The smallest absolute Gasteiger partial charge is 0.406 e. The maximum Gasteiger partial charge on any atom is 0.414 e. The van der Waals surface area contributed by atoms with Crippen LogP contribution in [0.15, 0.2) is 24.3 Å². The molecule has 1 N–H and O–H groups in total. The van der Waals surface area contributed by atoms with E-state index in [2.05, 4.69) is 11.6 Å². The molecule has 2 amide bonds. The van der Waals surface area contributed by atoms with E-state index in [0.717, 1.165) is 5.69 Å². The zero-order valence-electron chi connectivity index (χ0n) is 11.9. The van der Waals surface area contributed by atoms with E-state index in [1.165, 1.54) is 0 Å². The number of amides is 2. The Hall–Kier alpha value is -1.91. The fraction of sp³-hybridized carbons (Fsp3) is 0.357. The highest BCUT2D eigenvalue weighted by Gasteiger charge is 2.20. The quantitative estimate of drug-likeness (QED) is 0.865. The molecule has 0 bridgehead atoms. The first-order chi connectivity index (χ1) is 10.1. The van der Waals surface area contributed by atoms with Gasteiger partial charge in [0.1, 0.15) is 14.2 Å². The van der Waals surface area contributed by atoms with Crippen LogP contribution in [0.2, 0.25) is 0 Å². The van der Waals surface area contributed by atoms with Gasteiger partial charge in [0.2, 0.25) is 6.35 Å². The summed E-state index contributed by atoms with van der Waals surface area (Å²) in [6, 6.07) is 7.04.